The SMILES string of the molecule is COc1ccc(OC)c2c(OC)c(C(CCC(C)C)OCCC(C)C)cc(OC)c12. The van der Waals surface area contributed by atoms with E-state index >= 15 is 0 Å². The summed E-state index contributed by atoms with van der Waals surface area (Å²) in [7, 11) is 6.68. The predicted molar refractivity (Wildman–Crippen MR) is 122 cm³/mol. The minimum atomic E-state index is -0.0877. The topological polar surface area (TPSA) is 46.2 Å². The van der Waals surface area contributed by atoms with Crippen LogP contribution in [0.1, 0.15) is 58.6 Å². The van der Waals surface area contributed by atoms with E-state index in [1.54, 1.807) is 28.4 Å². The van der Waals surface area contributed by atoms with Gasteiger partial charge in [-0.3, -0.25) is 0 Å². The summed E-state index contributed by atoms with van der Waals surface area (Å²) in [6.07, 6.45) is 2.90. The van der Waals surface area contributed by atoms with E-state index in [9.17, 15) is 0 Å². The van der Waals surface area contributed by atoms with Gasteiger partial charge in [0.1, 0.15) is 23.0 Å². The molecule has 0 N–H and O–H groups in total. The Hall–Kier alpha value is -2.14. The lowest BCUT2D eigenvalue weighted by Crippen LogP contribution is -2.11. The van der Waals surface area contributed by atoms with E-state index < -0.39 is 0 Å². The highest BCUT2D eigenvalue weighted by molar-refractivity contribution is 6.03. The van der Waals surface area contributed by atoms with Crippen molar-refractivity contribution in [3.63, 3.8) is 0 Å². The highest BCUT2D eigenvalue weighted by Crippen LogP contribution is 2.48. The fourth-order valence-electron chi connectivity index (χ4n) is 3.68. The zero-order valence-electron chi connectivity index (χ0n) is 19.8. The monoisotopic (exact) mass is 418 g/mol. The summed E-state index contributed by atoms with van der Waals surface area (Å²) < 4.78 is 29.4. The molecule has 0 saturated heterocycles. The summed E-state index contributed by atoms with van der Waals surface area (Å²) in [6.45, 7) is 9.60. The molecule has 0 aromatic heterocycles. The molecule has 0 aliphatic rings. The van der Waals surface area contributed by atoms with Gasteiger partial charge < -0.3 is 23.7 Å². The fraction of sp³-hybridized carbons (Fsp3) is 0.600. The average Bonchev–Trinajstić information content (AvgIpc) is 2.73. The number of methoxy groups -OCH3 is 4. The molecule has 0 saturated carbocycles. The second kappa shape index (κ2) is 11.3. The Morgan fingerprint density at radius 2 is 1.23 bits per heavy atom. The lowest BCUT2D eigenvalue weighted by atomic mass is 9.94. The molecule has 0 fully saturated rings. The number of benzene rings is 2. The van der Waals surface area contributed by atoms with Crippen molar-refractivity contribution in [3.8, 4) is 23.0 Å². The van der Waals surface area contributed by atoms with Crippen molar-refractivity contribution in [1.29, 1.82) is 0 Å². The van der Waals surface area contributed by atoms with Crippen LogP contribution in [0.2, 0.25) is 0 Å². The molecule has 0 amide bonds. The lowest BCUT2D eigenvalue weighted by Gasteiger charge is -2.25. The highest BCUT2D eigenvalue weighted by Gasteiger charge is 2.26. The van der Waals surface area contributed by atoms with Crippen LogP contribution in [-0.2, 0) is 4.74 Å². The molecular formula is C25H38O5. The number of hydrogen-bond acceptors (Lipinski definition) is 5. The summed E-state index contributed by atoms with van der Waals surface area (Å²) >= 11 is 0. The average molecular weight is 419 g/mol. The fourth-order valence-corrected chi connectivity index (χ4v) is 3.68. The zero-order chi connectivity index (χ0) is 22.3. The smallest absolute Gasteiger partial charge is 0.136 e. The third kappa shape index (κ3) is 5.51. The molecule has 0 aliphatic carbocycles. The lowest BCUT2D eigenvalue weighted by molar-refractivity contribution is 0.0351. The Kier molecular flexibility index (Phi) is 9.09. The van der Waals surface area contributed by atoms with E-state index in [4.69, 9.17) is 23.7 Å². The second-order valence-corrected chi connectivity index (χ2v) is 8.43. The van der Waals surface area contributed by atoms with E-state index in [0.717, 1.165) is 47.1 Å². The van der Waals surface area contributed by atoms with Gasteiger partial charge in [0, 0.05) is 12.2 Å². The number of rotatable bonds is 12. The Labute approximate surface area is 181 Å². The minimum Gasteiger partial charge on any atom is -0.496 e. The van der Waals surface area contributed by atoms with Gasteiger partial charge in [0.15, 0.2) is 0 Å². The Morgan fingerprint density at radius 3 is 1.73 bits per heavy atom. The molecule has 2 rings (SSSR count). The quantitative estimate of drug-likeness (QED) is 0.398. The normalized spacial score (nSPS) is 12.5. The molecule has 2 aromatic carbocycles. The van der Waals surface area contributed by atoms with Crippen molar-refractivity contribution in [2.75, 3.05) is 35.0 Å². The van der Waals surface area contributed by atoms with Gasteiger partial charge in [0.05, 0.1) is 45.3 Å². The molecule has 0 radical (unpaired) electrons. The van der Waals surface area contributed by atoms with Crippen molar-refractivity contribution in [1.82, 2.24) is 0 Å². The molecule has 30 heavy (non-hydrogen) atoms. The van der Waals surface area contributed by atoms with Crippen molar-refractivity contribution >= 4 is 10.8 Å². The molecule has 168 valence electrons. The molecule has 5 nitrogen and oxygen atoms in total. The van der Waals surface area contributed by atoms with Gasteiger partial charge in [-0.2, -0.15) is 0 Å². The summed E-state index contributed by atoms with van der Waals surface area (Å²) in [4.78, 5) is 0. The van der Waals surface area contributed by atoms with Gasteiger partial charge in [0.2, 0.25) is 0 Å². The van der Waals surface area contributed by atoms with Crippen LogP contribution in [0.15, 0.2) is 18.2 Å². The second-order valence-electron chi connectivity index (χ2n) is 8.43. The molecule has 1 unspecified atom stereocenters. The third-order valence-corrected chi connectivity index (χ3v) is 5.38. The Balaban J connectivity index is 2.68. The molecule has 0 aliphatic heterocycles. The van der Waals surface area contributed by atoms with Crippen LogP contribution in [0, 0.1) is 11.8 Å². The Morgan fingerprint density at radius 1 is 0.667 bits per heavy atom. The molecule has 5 heteroatoms. The number of fused-ring (bicyclic) bond motifs is 1. The maximum absolute atomic E-state index is 6.40. The van der Waals surface area contributed by atoms with Crippen molar-refractivity contribution in [2.24, 2.45) is 11.8 Å². The first-order valence-corrected chi connectivity index (χ1v) is 10.8. The van der Waals surface area contributed by atoms with E-state index in [1.165, 1.54) is 0 Å². The van der Waals surface area contributed by atoms with Crippen molar-refractivity contribution in [2.45, 2.75) is 53.1 Å². The van der Waals surface area contributed by atoms with Crippen LogP contribution < -0.4 is 18.9 Å². The first-order chi connectivity index (χ1) is 14.4. The van der Waals surface area contributed by atoms with Crippen LogP contribution in [0.5, 0.6) is 23.0 Å². The predicted octanol–water partition coefficient (Wildman–Crippen LogP) is 6.41. The number of hydrogen-bond donors (Lipinski definition) is 0. The third-order valence-electron chi connectivity index (χ3n) is 5.38. The van der Waals surface area contributed by atoms with Gasteiger partial charge in [-0.25, -0.2) is 0 Å². The van der Waals surface area contributed by atoms with Crippen LogP contribution in [-0.4, -0.2) is 35.0 Å². The molecular weight excluding hydrogens is 380 g/mol. The minimum absolute atomic E-state index is 0.0877. The van der Waals surface area contributed by atoms with Crippen LogP contribution in [0.4, 0.5) is 0 Å². The van der Waals surface area contributed by atoms with Crippen LogP contribution >= 0.6 is 0 Å². The van der Waals surface area contributed by atoms with Gasteiger partial charge in [0.25, 0.3) is 0 Å². The van der Waals surface area contributed by atoms with Gasteiger partial charge >= 0.3 is 0 Å². The first-order valence-electron chi connectivity index (χ1n) is 10.8. The summed E-state index contributed by atoms with van der Waals surface area (Å²) in [5.41, 5.74) is 0.984. The summed E-state index contributed by atoms with van der Waals surface area (Å²) in [5.74, 6) is 4.08. The van der Waals surface area contributed by atoms with E-state index in [0.29, 0.717) is 29.9 Å². The first kappa shape index (κ1) is 24.1. The van der Waals surface area contributed by atoms with E-state index in [2.05, 4.69) is 27.7 Å². The van der Waals surface area contributed by atoms with Crippen LogP contribution in [0.3, 0.4) is 0 Å². The molecule has 0 bridgehead atoms. The maximum Gasteiger partial charge on any atom is 0.136 e. The van der Waals surface area contributed by atoms with Crippen molar-refractivity contribution < 1.29 is 23.7 Å². The van der Waals surface area contributed by atoms with Crippen LogP contribution in [0.25, 0.3) is 10.8 Å². The van der Waals surface area contributed by atoms with E-state index in [-0.39, 0.29) is 6.10 Å². The molecule has 2 aromatic rings. The van der Waals surface area contributed by atoms with Gasteiger partial charge in [-0.15, -0.1) is 0 Å². The van der Waals surface area contributed by atoms with E-state index in [1.807, 2.05) is 18.2 Å². The van der Waals surface area contributed by atoms with Gasteiger partial charge in [-0.1, -0.05) is 27.7 Å². The standard InChI is InChI=1S/C25H38O5/c1-16(2)9-10-19(30-14-13-17(3)4)18-15-22(28-7)23-20(26-5)11-12-21(27-6)24(23)25(18)29-8/h11-12,15-17,19H,9-10,13-14H2,1-8H3. The zero-order valence-corrected chi connectivity index (χ0v) is 19.8. The highest BCUT2D eigenvalue weighted by atomic mass is 16.5. The number of ether oxygens (including phenoxy) is 5. The Bertz CT molecular complexity index is 813. The molecule has 1 atom stereocenters. The molecule has 0 spiro atoms. The van der Waals surface area contributed by atoms with Gasteiger partial charge in [-0.05, 0) is 49.3 Å². The molecule has 0 heterocycles. The maximum atomic E-state index is 6.40. The summed E-state index contributed by atoms with van der Waals surface area (Å²) in [5, 5.41) is 1.68. The summed E-state index contributed by atoms with van der Waals surface area (Å²) in [6, 6.07) is 5.82. The largest absolute Gasteiger partial charge is 0.496 e. The van der Waals surface area contributed by atoms with Crippen molar-refractivity contribution in [3.05, 3.63) is 23.8 Å².